The van der Waals surface area contributed by atoms with Gasteiger partial charge in [-0.25, -0.2) is 4.39 Å². The van der Waals surface area contributed by atoms with E-state index >= 15 is 0 Å². The normalized spacial score (nSPS) is 20.8. The molecule has 0 N–H and O–H groups in total. The molecule has 0 saturated carbocycles. The lowest BCUT2D eigenvalue weighted by molar-refractivity contribution is -0.130. The number of amides is 1. The topological polar surface area (TPSA) is 23.6 Å². The van der Waals surface area contributed by atoms with Crippen molar-refractivity contribution in [2.75, 3.05) is 24.5 Å². The Bertz CT molecular complexity index is 515. The van der Waals surface area contributed by atoms with E-state index in [1.54, 1.807) is 6.07 Å². The van der Waals surface area contributed by atoms with Crippen LogP contribution in [0.25, 0.3) is 0 Å². The fraction of sp³-hybridized carbons (Fsp3) is 0.533. The van der Waals surface area contributed by atoms with Crippen LogP contribution in [-0.4, -0.2) is 36.5 Å². The van der Waals surface area contributed by atoms with Crippen molar-refractivity contribution in [3.8, 4) is 0 Å². The number of benzene rings is 1. The second kappa shape index (κ2) is 5.72. The maximum Gasteiger partial charge on any atom is 0.222 e. The molecule has 0 spiro atoms. The molecule has 0 atom stereocenters. The van der Waals surface area contributed by atoms with Gasteiger partial charge in [0.05, 0.1) is 10.2 Å². The van der Waals surface area contributed by atoms with Crippen molar-refractivity contribution >= 4 is 27.5 Å². The molecular formula is C15H18BrFN2O. The first-order valence-electron chi connectivity index (χ1n) is 7.15. The standard InChI is InChI=1S/C15H18BrFN2O/c16-12-3-1-4-13(15(12)17)18-9-6-11(7-10-18)19-8-2-5-14(19)20/h1,3-4,11H,2,5-10H2. The van der Waals surface area contributed by atoms with Crippen LogP contribution in [0.4, 0.5) is 10.1 Å². The Hall–Kier alpha value is -1.10. The van der Waals surface area contributed by atoms with Gasteiger partial charge in [0.1, 0.15) is 0 Å². The number of carbonyl (C=O) groups is 1. The lowest BCUT2D eigenvalue weighted by atomic mass is 10.0. The van der Waals surface area contributed by atoms with Crippen LogP contribution in [0, 0.1) is 5.82 Å². The zero-order chi connectivity index (χ0) is 14.1. The Balaban J connectivity index is 1.66. The molecule has 2 aliphatic heterocycles. The molecule has 1 aromatic carbocycles. The third kappa shape index (κ3) is 2.55. The molecule has 1 amide bonds. The molecule has 0 aliphatic carbocycles. The van der Waals surface area contributed by atoms with Crippen LogP contribution >= 0.6 is 15.9 Å². The van der Waals surface area contributed by atoms with Gasteiger partial charge in [0.15, 0.2) is 5.82 Å². The molecule has 1 aromatic rings. The van der Waals surface area contributed by atoms with Gasteiger partial charge in [-0.2, -0.15) is 0 Å². The van der Waals surface area contributed by atoms with Crippen molar-refractivity contribution in [3.63, 3.8) is 0 Å². The van der Waals surface area contributed by atoms with E-state index in [2.05, 4.69) is 20.8 Å². The molecule has 0 aromatic heterocycles. The third-order valence-electron chi connectivity index (χ3n) is 4.29. The van der Waals surface area contributed by atoms with Crippen LogP contribution in [0.5, 0.6) is 0 Å². The van der Waals surface area contributed by atoms with Crippen molar-refractivity contribution in [1.82, 2.24) is 4.90 Å². The maximum absolute atomic E-state index is 14.1. The summed E-state index contributed by atoms with van der Waals surface area (Å²) in [5.74, 6) is 0.0975. The van der Waals surface area contributed by atoms with Crippen molar-refractivity contribution in [3.05, 3.63) is 28.5 Å². The quantitative estimate of drug-likeness (QED) is 0.825. The number of hydrogen-bond donors (Lipinski definition) is 0. The summed E-state index contributed by atoms with van der Waals surface area (Å²) in [5, 5.41) is 0. The molecule has 5 heteroatoms. The van der Waals surface area contributed by atoms with E-state index in [1.165, 1.54) is 0 Å². The highest BCUT2D eigenvalue weighted by atomic mass is 79.9. The minimum atomic E-state index is -0.191. The minimum absolute atomic E-state index is 0.191. The molecule has 0 bridgehead atoms. The molecule has 3 rings (SSSR count). The summed E-state index contributed by atoms with van der Waals surface area (Å²) in [6.07, 6.45) is 3.54. The zero-order valence-corrected chi connectivity index (χ0v) is 12.9. The summed E-state index contributed by atoms with van der Waals surface area (Å²) in [7, 11) is 0. The lowest BCUT2D eigenvalue weighted by Crippen LogP contribution is -2.45. The molecule has 108 valence electrons. The monoisotopic (exact) mass is 340 g/mol. The van der Waals surface area contributed by atoms with Crippen LogP contribution in [0.3, 0.4) is 0 Å². The van der Waals surface area contributed by atoms with Gasteiger partial charge >= 0.3 is 0 Å². The number of hydrogen-bond acceptors (Lipinski definition) is 2. The summed E-state index contributed by atoms with van der Waals surface area (Å²) in [6, 6.07) is 5.74. The van der Waals surface area contributed by atoms with E-state index < -0.39 is 0 Å². The molecule has 3 nitrogen and oxygen atoms in total. The second-order valence-corrected chi connectivity index (χ2v) is 6.34. The zero-order valence-electron chi connectivity index (χ0n) is 11.3. The highest BCUT2D eigenvalue weighted by molar-refractivity contribution is 9.10. The van der Waals surface area contributed by atoms with Crippen LogP contribution in [0.2, 0.25) is 0 Å². The van der Waals surface area contributed by atoms with Gasteiger partial charge in [-0.15, -0.1) is 0 Å². The Labute approximate surface area is 126 Å². The highest BCUT2D eigenvalue weighted by Gasteiger charge is 2.31. The van der Waals surface area contributed by atoms with Crippen molar-refractivity contribution in [2.45, 2.75) is 31.7 Å². The van der Waals surface area contributed by atoms with Gasteiger partial charge in [-0.1, -0.05) is 6.07 Å². The molecule has 2 heterocycles. The predicted molar refractivity (Wildman–Crippen MR) is 80.3 cm³/mol. The average molecular weight is 341 g/mol. The Morgan fingerprint density at radius 2 is 1.95 bits per heavy atom. The van der Waals surface area contributed by atoms with Crippen molar-refractivity contribution in [2.24, 2.45) is 0 Å². The fourth-order valence-corrected chi connectivity index (χ4v) is 3.57. The number of rotatable bonds is 2. The first-order valence-corrected chi connectivity index (χ1v) is 7.94. The molecule has 2 saturated heterocycles. The van der Waals surface area contributed by atoms with Crippen LogP contribution in [-0.2, 0) is 4.79 Å². The Morgan fingerprint density at radius 3 is 2.60 bits per heavy atom. The first-order chi connectivity index (χ1) is 9.66. The summed E-state index contributed by atoms with van der Waals surface area (Å²) >= 11 is 3.23. The first kappa shape index (κ1) is 13.9. The number of halogens is 2. The second-order valence-electron chi connectivity index (χ2n) is 5.48. The number of anilines is 1. The molecule has 0 radical (unpaired) electrons. The third-order valence-corrected chi connectivity index (χ3v) is 4.90. The minimum Gasteiger partial charge on any atom is -0.369 e. The van der Waals surface area contributed by atoms with Gasteiger partial charge in [-0.05, 0) is 47.3 Å². The van der Waals surface area contributed by atoms with Crippen LogP contribution < -0.4 is 4.90 Å². The largest absolute Gasteiger partial charge is 0.369 e. The highest BCUT2D eigenvalue weighted by Crippen LogP contribution is 2.30. The summed E-state index contributed by atoms with van der Waals surface area (Å²) in [6.45, 7) is 2.51. The number of likely N-dealkylation sites (tertiary alicyclic amines) is 1. The molecular weight excluding hydrogens is 323 g/mol. The fourth-order valence-electron chi connectivity index (χ4n) is 3.21. The predicted octanol–water partition coefficient (Wildman–Crippen LogP) is 3.18. The Morgan fingerprint density at radius 1 is 1.20 bits per heavy atom. The van der Waals surface area contributed by atoms with Crippen molar-refractivity contribution < 1.29 is 9.18 Å². The van der Waals surface area contributed by atoms with E-state index in [4.69, 9.17) is 0 Å². The molecule has 2 aliphatic rings. The molecule has 20 heavy (non-hydrogen) atoms. The Kier molecular flexibility index (Phi) is 3.96. The van der Waals surface area contributed by atoms with Gasteiger partial charge in [0.2, 0.25) is 5.91 Å². The number of carbonyl (C=O) groups excluding carboxylic acids is 1. The SMILES string of the molecule is O=C1CCCN1C1CCN(c2cccc(Br)c2F)CC1. The van der Waals surface area contributed by atoms with Crippen molar-refractivity contribution in [1.29, 1.82) is 0 Å². The van der Waals surface area contributed by atoms with Gasteiger partial charge in [0.25, 0.3) is 0 Å². The van der Waals surface area contributed by atoms with Gasteiger partial charge < -0.3 is 9.80 Å². The summed E-state index contributed by atoms with van der Waals surface area (Å²) in [5.41, 5.74) is 0.658. The summed E-state index contributed by atoms with van der Waals surface area (Å²) < 4.78 is 14.6. The smallest absolute Gasteiger partial charge is 0.222 e. The van der Waals surface area contributed by atoms with E-state index in [1.807, 2.05) is 17.0 Å². The number of piperidine rings is 1. The van der Waals surface area contributed by atoms with Crippen LogP contribution in [0.15, 0.2) is 22.7 Å². The average Bonchev–Trinajstić information content (AvgIpc) is 2.88. The molecule has 2 fully saturated rings. The van der Waals surface area contributed by atoms with E-state index in [-0.39, 0.29) is 11.7 Å². The van der Waals surface area contributed by atoms with Gasteiger partial charge in [0, 0.05) is 32.1 Å². The number of nitrogens with zero attached hydrogens (tertiary/aromatic N) is 2. The van der Waals surface area contributed by atoms with E-state index in [0.717, 1.165) is 38.9 Å². The van der Waals surface area contributed by atoms with Gasteiger partial charge in [-0.3, -0.25) is 4.79 Å². The lowest BCUT2D eigenvalue weighted by Gasteiger charge is -2.38. The molecule has 0 unspecified atom stereocenters. The van der Waals surface area contributed by atoms with E-state index in [0.29, 0.717) is 22.6 Å². The van der Waals surface area contributed by atoms with E-state index in [9.17, 15) is 9.18 Å². The summed E-state index contributed by atoms with van der Waals surface area (Å²) in [4.78, 5) is 15.9. The maximum atomic E-state index is 14.1. The van der Waals surface area contributed by atoms with Crippen LogP contribution in [0.1, 0.15) is 25.7 Å².